The Morgan fingerprint density at radius 2 is 1.72 bits per heavy atom. The van der Waals surface area contributed by atoms with Crippen LogP contribution in [0.25, 0.3) is 0 Å². The van der Waals surface area contributed by atoms with Crippen molar-refractivity contribution < 1.29 is 13.2 Å². The van der Waals surface area contributed by atoms with Gasteiger partial charge < -0.3 is 5.32 Å². The van der Waals surface area contributed by atoms with Gasteiger partial charge in [-0.2, -0.15) is 4.31 Å². The summed E-state index contributed by atoms with van der Waals surface area (Å²) in [4.78, 5) is 12.2. The van der Waals surface area contributed by atoms with Crippen molar-refractivity contribution in [3.63, 3.8) is 0 Å². The number of amides is 1. The van der Waals surface area contributed by atoms with E-state index in [1.807, 2.05) is 38.1 Å². The Balaban J connectivity index is 1.86. The summed E-state index contributed by atoms with van der Waals surface area (Å²) in [6, 6.07) is 14.5. The Morgan fingerprint density at radius 1 is 1.04 bits per heavy atom. The number of aryl methyl sites for hydroxylation is 2. The quantitative estimate of drug-likeness (QED) is 0.824. The summed E-state index contributed by atoms with van der Waals surface area (Å²) in [5.41, 5.74) is 3.05. The number of hydrogen-bond donors (Lipinski definition) is 1. The van der Waals surface area contributed by atoms with E-state index in [4.69, 9.17) is 0 Å². The van der Waals surface area contributed by atoms with Gasteiger partial charge in [-0.25, -0.2) is 8.42 Å². The first-order valence-corrected chi connectivity index (χ1v) is 9.58. The van der Waals surface area contributed by atoms with Crippen LogP contribution in [0.5, 0.6) is 0 Å². The standard InChI is InChI=1S/C19H24N2O3S/c1-15-7-9-18(10-8-15)25(23,24)21(3)12-11-20-19(22)14-17-6-4-5-16(2)13-17/h4-10,13H,11-12,14H2,1-3H3,(H,20,22). The van der Waals surface area contributed by atoms with Crippen LogP contribution in [0, 0.1) is 13.8 Å². The van der Waals surface area contributed by atoms with Crippen LogP contribution >= 0.6 is 0 Å². The van der Waals surface area contributed by atoms with Gasteiger partial charge in [0.05, 0.1) is 11.3 Å². The SMILES string of the molecule is Cc1ccc(S(=O)(=O)N(C)CCNC(=O)Cc2cccc(C)c2)cc1. The third-order valence-corrected chi connectivity index (χ3v) is 5.80. The molecule has 0 spiro atoms. The molecule has 2 rings (SSSR count). The molecular formula is C19H24N2O3S. The number of hydrogen-bond acceptors (Lipinski definition) is 3. The summed E-state index contributed by atoms with van der Waals surface area (Å²) >= 11 is 0. The van der Waals surface area contributed by atoms with Crippen LogP contribution in [0.4, 0.5) is 0 Å². The lowest BCUT2D eigenvalue weighted by Gasteiger charge is -2.17. The van der Waals surface area contributed by atoms with Crippen molar-refractivity contribution in [2.45, 2.75) is 25.2 Å². The van der Waals surface area contributed by atoms with Crippen molar-refractivity contribution in [2.75, 3.05) is 20.1 Å². The number of carbonyl (C=O) groups is 1. The van der Waals surface area contributed by atoms with Gasteiger partial charge in [0, 0.05) is 20.1 Å². The van der Waals surface area contributed by atoms with Gasteiger partial charge in [-0.05, 0) is 31.5 Å². The molecule has 0 aliphatic carbocycles. The fourth-order valence-corrected chi connectivity index (χ4v) is 3.60. The Labute approximate surface area is 149 Å². The maximum absolute atomic E-state index is 12.5. The van der Waals surface area contributed by atoms with Crippen LogP contribution < -0.4 is 5.32 Å². The Bertz CT molecular complexity index is 830. The first-order valence-electron chi connectivity index (χ1n) is 8.14. The summed E-state index contributed by atoms with van der Waals surface area (Å²) in [6.45, 7) is 4.37. The van der Waals surface area contributed by atoms with E-state index in [9.17, 15) is 13.2 Å². The van der Waals surface area contributed by atoms with Crippen LogP contribution in [-0.4, -0.2) is 38.8 Å². The van der Waals surface area contributed by atoms with E-state index in [0.717, 1.165) is 16.7 Å². The van der Waals surface area contributed by atoms with Crippen molar-refractivity contribution in [3.8, 4) is 0 Å². The molecule has 0 aromatic heterocycles. The molecule has 0 aliphatic heterocycles. The molecule has 0 saturated heterocycles. The fourth-order valence-electron chi connectivity index (χ4n) is 2.43. The minimum atomic E-state index is -3.54. The molecule has 0 bridgehead atoms. The molecule has 1 N–H and O–H groups in total. The van der Waals surface area contributed by atoms with Gasteiger partial charge in [0.1, 0.15) is 0 Å². The Hall–Kier alpha value is -2.18. The van der Waals surface area contributed by atoms with Gasteiger partial charge >= 0.3 is 0 Å². The van der Waals surface area contributed by atoms with Crippen molar-refractivity contribution in [2.24, 2.45) is 0 Å². The lowest BCUT2D eigenvalue weighted by atomic mass is 10.1. The number of benzene rings is 2. The zero-order valence-corrected chi connectivity index (χ0v) is 15.6. The largest absolute Gasteiger partial charge is 0.354 e. The highest BCUT2D eigenvalue weighted by molar-refractivity contribution is 7.89. The fraction of sp³-hybridized carbons (Fsp3) is 0.316. The summed E-state index contributed by atoms with van der Waals surface area (Å²) in [7, 11) is -2.02. The topological polar surface area (TPSA) is 66.5 Å². The number of nitrogens with zero attached hydrogens (tertiary/aromatic N) is 1. The maximum Gasteiger partial charge on any atom is 0.242 e. The molecule has 25 heavy (non-hydrogen) atoms. The lowest BCUT2D eigenvalue weighted by Crippen LogP contribution is -2.36. The highest BCUT2D eigenvalue weighted by atomic mass is 32.2. The molecule has 0 aliphatic rings. The smallest absolute Gasteiger partial charge is 0.242 e. The molecular weight excluding hydrogens is 336 g/mol. The monoisotopic (exact) mass is 360 g/mol. The summed E-state index contributed by atoms with van der Waals surface area (Å²) < 4.78 is 26.2. The molecule has 1 amide bonds. The van der Waals surface area contributed by atoms with E-state index >= 15 is 0 Å². The second-order valence-electron chi connectivity index (χ2n) is 6.16. The third kappa shape index (κ3) is 5.41. The third-order valence-electron chi connectivity index (χ3n) is 3.93. The second-order valence-corrected chi connectivity index (χ2v) is 8.20. The minimum absolute atomic E-state index is 0.119. The predicted octanol–water partition coefficient (Wildman–Crippen LogP) is 2.28. The van der Waals surface area contributed by atoms with Gasteiger partial charge in [-0.1, -0.05) is 47.5 Å². The van der Waals surface area contributed by atoms with E-state index in [2.05, 4.69) is 5.32 Å². The van der Waals surface area contributed by atoms with Gasteiger partial charge in [0.25, 0.3) is 0 Å². The molecule has 0 unspecified atom stereocenters. The number of sulfonamides is 1. The summed E-state index contributed by atoms with van der Waals surface area (Å²) in [6.07, 6.45) is 0.288. The first kappa shape index (κ1) is 19.1. The molecule has 6 heteroatoms. The van der Waals surface area contributed by atoms with E-state index in [-0.39, 0.29) is 30.3 Å². The second kappa shape index (κ2) is 8.27. The number of rotatable bonds is 7. The first-order chi connectivity index (χ1) is 11.8. The number of likely N-dealkylation sites (N-methyl/N-ethyl adjacent to an activating group) is 1. The van der Waals surface area contributed by atoms with Gasteiger partial charge in [0.15, 0.2) is 0 Å². The highest BCUT2D eigenvalue weighted by Crippen LogP contribution is 2.14. The molecule has 134 valence electrons. The van der Waals surface area contributed by atoms with Crippen molar-refractivity contribution in [1.82, 2.24) is 9.62 Å². The summed E-state index contributed by atoms with van der Waals surface area (Å²) in [5, 5.41) is 2.77. The molecule has 0 heterocycles. The highest BCUT2D eigenvalue weighted by Gasteiger charge is 2.20. The van der Waals surface area contributed by atoms with E-state index in [1.165, 1.54) is 11.4 Å². The van der Waals surface area contributed by atoms with Gasteiger partial charge in [-0.15, -0.1) is 0 Å². The molecule has 0 atom stereocenters. The summed E-state index contributed by atoms with van der Waals surface area (Å²) in [5.74, 6) is -0.119. The van der Waals surface area contributed by atoms with E-state index in [1.54, 1.807) is 24.3 Å². The van der Waals surface area contributed by atoms with Crippen molar-refractivity contribution in [1.29, 1.82) is 0 Å². The average molecular weight is 360 g/mol. The minimum Gasteiger partial charge on any atom is -0.354 e. The van der Waals surface area contributed by atoms with Crippen LogP contribution in [0.1, 0.15) is 16.7 Å². The normalized spacial score (nSPS) is 11.5. The maximum atomic E-state index is 12.5. The van der Waals surface area contributed by atoms with Crippen LogP contribution in [0.3, 0.4) is 0 Å². The molecule has 0 saturated carbocycles. The molecule has 0 fully saturated rings. The van der Waals surface area contributed by atoms with E-state index in [0.29, 0.717) is 0 Å². The lowest BCUT2D eigenvalue weighted by molar-refractivity contribution is -0.120. The van der Waals surface area contributed by atoms with Gasteiger partial charge in [0.2, 0.25) is 15.9 Å². The molecule has 5 nitrogen and oxygen atoms in total. The van der Waals surface area contributed by atoms with Crippen LogP contribution in [-0.2, 0) is 21.2 Å². The Morgan fingerprint density at radius 3 is 2.36 bits per heavy atom. The zero-order valence-electron chi connectivity index (χ0n) is 14.8. The molecule has 0 radical (unpaired) electrons. The van der Waals surface area contributed by atoms with Gasteiger partial charge in [-0.3, -0.25) is 4.79 Å². The average Bonchev–Trinajstić information content (AvgIpc) is 2.55. The van der Waals surface area contributed by atoms with Crippen molar-refractivity contribution >= 4 is 15.9 Å². The molecule has 2 aromatic carbocycles. The number of carbonyl (C=O) groups excluding carboxylic acids is 1. The van der Waals surface area contributed by atoms with Crippen LogP contribution in [0.2, 0.25) is 0 Å². The number of nitrogens with one attached hydrogen (secondary N) is 1. The predicted molar refractivity (Wildman–Crippen MR) is 98.9 cm³/mol. The van der Waals surface area contributed by atoms with E-state index < -0.39 is 10.0 Å². The Kier molecular flexibility index (Phi) is 6.33. The van der Waals surface area contributed by atoms with Crippen LogP contribution in [0.15, 0.2) is 53.4 Å². The zero-order chi connectivity index (χ0) is 18.4. The molecule has 2 aromatic rings. The van der Waals surface area contributed by atoms with Crippen molar-refractivity contribution in [3.05, 3.63) is 65.2 Å².